The summed E-state index contributed by atoms with van der Waals surface area (Å²) in [5.74, 6) is 0.956. The van der Waals surface area contributed by atoms with Gasteiger partial charge in [-0.3, -0.25) is 0 Å². The summed E-state index contributed by atoms with van der Waals surface area (Å²) in [5.41, 5.74) is 42.8. The van der Waals surface area contributed by atoms with Crippen LogP contribution in [0.3, 0.4) is 0 Å². The molecule has 0 saturated carbocycles. The number of fused-ring (bicyclic) bond motifs is 30. The summed E-state index contributed by atoms with van der Waals surface area (Å²) in [6, 6.07) is 140. The fourth-order valence-corrected chi connectivity index (χ4v) is 25.3. The summed E-state index contributed by atoms with van der Waals surface area (Å²) in [7, 11) is 0. The predicted octanol–water partition coefficient (Wildman–Crippen LogP) is 33.4. The molecule has 0 radical (unpaired) electrons. The summed E-state index contributed by atoms with van der Waals surface area (Å²) in [5, 5.41) is 20.5. The van der Waals surface area contributed by atoms with Gasteiger partial charge in [-0.1, -0.05) is 359 Å². The highest BCUT2D eigenvalue weighted by Gasteiger charge is 2.37. The van der Waals surface area contributed by atoms with E-state index in [9.17, 15) is 0 Å². The summed E-state index contributed by atoms with van der Waals surface area (Å²) >= 11 is 0. The Bertz CT molecular complexity index is 9780. The van der Waals surface area contributed by atoms with Gasteiger partial charge in [0, 0.05) is 138 Å². The largest absolute Gasteiger partial charge is 0.355 e. The first-order chi connectivity index (χ1) is 70.4. The van der Waals surface area contributed by atoms with Crippen molar-refractivity contribution in [3.05, 3.63) is 532 Å². The maximum atomic E-state index is 4.41. The van der Waals surface area contributed by atoms with Gasteiger partial charge in [0.25, 0.3) is 0 Å². The number of hydrogen-bond acceptors (Lipinski definition) is 0. The summed E-state index contributed by atoms with van der Waals surface area (Å²) in [4.78, 5) is 11.3. The third kappa shape index (κ3) is 13.4. The van der Waals surface area contributed by atoms with Crippen LogP contribution in [0.2, 0.25) is 0 Å². The quantitative estimate of drug-likeness (QED) is 0.122. The third-order valence-electron chi connectivity index (χ3n) is 31.4. The van der Waals surface area contributed by atoms with Gasteiger partial charge in [0.15, 0.2) is 0 Å². The van der Waals surface area contributed by atoms with E-state index in [-0.39, 0.29) is 5.92 Å². The molecule has 18 aromatic carbocycles. The van der Waals surface area contributed by atoms with Crippen LogP contribution in [-0.4, -0.2) is 28.7 Å². The van der Waals surface area contributed by atoms with E-state index in [1.54, 1.807) is 0 Å². The molecule has 3 atom stereocenters. The standard InChI is InChI=1S/C48H34N2.2C44H32N2/c1-2-34(42-30-45-47(39-23-10-9-21-37(39)42)41-25-12-14-26-44(41)49-45)35-19-7-6-16-31(35)28-32-29-43-38-22-13-15-27-46(38)50(33-17-4-3-5-18-33)48(43)40-24-11-8-20-36(32)40;1-2-15-30(16-3-1)46-42-24-11-9-19-33(42)39-26-37(32-18-5-7-21-35(32)44(39)46)28-13-12-14-29(25-28)38-27-41-43(34-20-6-4-17-31(34)38)36-22-8-10-23-40(36)45-41;1-2-12-28(13-3-1)29-22-24-30(25-23-29)46-42-21-11-9-16-33(42)39-26-37(32-15-5-7-18-35(32)44(39)46)38-27-41-43(34-17-6-4-14-31(34)38)36-19-8-10-20-40(36)45-41/h2-8,10-20,22-30,49H,1,9,21H2;1-11,13,15-27,31,34,45H,12,14H2;1-3,5-13,15-25,27,37,45H,4,14,26H2/b31-28+,35-34+;;. The van der Waals surface area contributed by atoms with Crippen LogP contribution in [0.4, 0.5) is 0 Å². The molecule has 6 aromatic heterocycles. The van der Waals surface area contributed by atoms with Crippen LogP contribution < -0.4 is 10.4 Å². The number of rotatable bonds is 10. The van der Waals surface area contributed by atoms with E-state index in [1.165, 1.54) is 264 Å². The first kappa shape index (κ1) is 82.7. The van der Waals surface area contributed by atoms with Gasteiger partial charge in [0.1, 0.15) is 0 Å². The Labute approximate surface area is 822 Å². The first-order valence-electron chi connectivity index (χ1n) is 50.3. The smallest absolute Gasteiger partial charge is 0.0619 e. The number of allylic oxidation sites excluding steroid dienone is 12. The van der Waals surface area contributed by atoms with Gasteiger partial charge in [-0.2, -0.15) is 0 Å². The summed E-state index contributed by atoms with van der Waals surface area (Å²) in [6.45, 7) is 4.41. The molecule has 24 aromatic rings. The molecule has 672 valence electrons. The second-order valence-corrected chi connectivity index (χ2v) is 39.0. The second-order valence-electron chi connectivity index (χ2n) is 39.0. The molecule has 3 N–H and O–H groups in total. The van der Waals surface area contributed by atoms with Crippen LogP contribution >= 0.6 is 0 Å². The van der Waals surface area contributed by atoms with Gasteiger partial charge >= 0.3 is 0 Å². The number of aromatic nitrogens is 6. The molecule has 142 heavy (non-hydrogen) atoms. The zero-order valence-electron chi connectivity index (χ0n) is 78.6. The van der Waals surface area contributed by atoms with E-state index >= 15 is 0 Å². The lowest BCUT2D eigenvalue weighted by atomic mass is 9.70. The van der Waals surface area contributed by atoms with Gasteiger partial charge in [0.2, 0.25) is 0 Å². The van der Waals surface area contributed by atoms with Crippen LogP contribution in [0.1, 0.15) is 104 Å². The topological polar surface area (TPSA) is 62.2 Å². The normalized spacial score (nSPS) is 16.0. The van der Waals surface area contributed by atoms with E-state index in [0.717, 1.165) is 50.5 Å². The molecule has 0 saturated heterocycles. The van der Waals surface area contributed by atoms with Crippen molar-refractivity contribution in [3.63, 3.8) is 0 Å². The van der Waals surface area contributed by atoms with Crippen LogP contribution in [0.25, 0.3) is 205 Å². The highest BCUT2D eigenvalue weighted by atomic mass is 15.0. The molecule has 6 heteroatoms. The van der Waals surface area contributed by atoms with Gasteiger partial charge in [0.05, 0.1) is 33.3 Å². The van der Waals surface area contributed by atoms with E-state index < -0.39 is 0 Å². The Kier molecular flexibility index (Phi) is 19.8. The number of H-pyrrole nitrogens is 3. The van der Waals surface area contributed by atoms with Crippen molar-refractivity contribution in [2.24, 2.45) is 5.92 Å². The van der Waals surface area contributed by atoms with E-state index in [4.69, 9.17) is 0 Å². The fourth-order valence-electron chi connectivity index (χ4n) is 25.3. The van der Waals surface area contributed by atoms with Gasteiger partial charge < -0.3 is 28.7 Å². The van der Waals surface area contributed by atoms with Crippen molar-refractivity contribution in [1.82, 2.24) is 28.7 Å². The van der Waals surface area contributed by atoms with Crippen LogP contribution in [0.15, 0.2) is 455 Å². The minimum absolute atomic E-state index is 0.277. The molecule has 0 fully saturated rings. The average molecular weight is 1820 g/mol. The van der Waals surface area contributed by atoms with Gasteiger partial charge in [-0.05, 0) is 270 Å². The van der Waals surface area contributed by atoms with Crippen molar-refractivity contribution < 1.29 is 0 Å². The minimum Gasteiger partial charge on any atom is -0.355 e. The number of nitrogens with zero attached hydrogens (tertiary/aromatic N) is 3. The van der Waals surface area contributed by atoms with Gasteiger partial charge in [-0.15, -0.1) is 0 Å². The predicted molar refractivity (Wildman–Crippen MR) is 601 cm³/mol. The number of aromatic amines is 3. The van der Waals surface area contributed by atoms with Gasteiger partial charge in [-0.25, -0.2) is 0 Å². The maximum absolute atomic E-state index is 4.41. The zero-order valence-corrected chi connectivity index (χ0v) is 78.6. The van der Waals surface area contributed by atoms with Crippen molar-refractivity contribution in [2.45, 2.75) is 56.8 Å². The number of nitrogens with one attached hydrogen (secondary N) is 3. The molecule has 6 aliphatic carbocycles. The monoisotopic (exact) mass is 1810 g/mol. The van der Waals surface area contributed by atoms with E-state index in [0.29, 0.717) is 11.8 Å². The number of benzene rings is 18. The molecule has 3 unspecified atom stereocenters. The Hall–Kier alpha value is -17.6. The van der Waals surface area contributed by atoms with Crippen LogP contribution in [-0.2, 0) is 19.3 Å². The lowest BCUT2D eigenvalue weighted by Gasteiger charge is -2.33. The van der Waals surface area contributed by atoms with Crippen molar-refractivity contribution in [1.29, 1.82) is 0 Å². The summed E-state index contributed by atoms with van der Waals surface area (Å²) in [6.07, 6.45) is 37.8. The lowest BCUT2D eigenvalue weighted by Crippen LogP contribution is -2.27. The molecular formula is C136H98N6. The van der Waals surface area contributed by atoms with Crippen molar-refractivity contribution >= 4 is 166 Å². The highest BCUT2D eigenvalue weighted by molar-refractivity contribution is 6.23. The van der Waals surface area contributed by atoms with E-state index in [2.05, 4.69) is 496 Å². The third-order valence-corrected chi connectivity index (χ3v) is 31.4. The Balaban J connectivity index is 0.000000104. The molecule has 6 aliphatic rings. The molecule has 30 rings (SSSR count). The molecular weight excluding hydrogens is 1720 g/mol. The van der Waals surface area contributed by atoms with Crippen molar-refractivity contribution in [2.75, 3.05) is 0 Å². The SMILES string of the molecule is C1=CC2C(C3=CC(c4cc5c6ccccc6n(-c6ccccc6)c5c5ccccc45)=CCC3)=Cc3[nH]c4ccccc4c3C2C=C1.C1=Cc2c(c(C3Cc4c(n(-c5ccc(-c6ccccc6)cc5)c5ccccc45)-c4ccccc43)cc3[nH]c4ccccc4c23)CC1.C=C/C(c1cc2[nH]c3ccccc3c2c2c1CCC=C2)=c1/cccc/c1=C\c1cc2c3ccccc3n(-c3ccccc3)c2c2ccccc12. The molecule has 0 bridgehead atoms. The number of hydrogen-bond donors (Lipinski definition) is 3. The summed E-state index contributed by atoms with van der Waals surface area (Å²) < 4.78 is 7.38. The maximum Gasteiger partial charge on any atom is 0.0619 e. The molecule has 6 heterocycles. The van der Waals surface area contributed by atoms with Crippen LogP contribution in [0.5, 0.6) is 0 Å². The lowest BCUT2D eigenvalue weighted by molar-refractivity contribution is 0.656. The minimum atomic E-state index is 0.277. The number of para-hydroxylation sites is 8. The Morgan fingerprint density at radius 2 is 0.859 bits per heavy atom. The first-order valence-corrected chi connectivity index (χ1v) is 50.3. The zero-order chi connectivity index (χ0) is 93.6. The molecule has 0 aliphatic heterocycles. The van der Waals surface area contributed by atoms with E-state index in [1.807, 2.05) is 0 Å². The van der Waals surface area contributed by atoms with Crippen molar-refractivity contribution in [3.8, 4) is 39.4 Å². The highest BCUT2D eigenvalue weighted by Crippen LogP contribution is 2.54. The molecule has 6 nitrogen and oxygen atoms in total. The van der Waals surface area contributed by atoms with Crippen LogP contribution in [0, 0.1) is 5.92 Å². The average Bonchev–Trinajstić information content (AvgIpc) is 1.55. The Morgan fingerprint density at radius 1 is 0.352 bits per heavy atom. The molecule has 0 spiro atoms. The molecule has 0 amide bonds. The Morgan fingerprint density at radius 3 is 1.53 bits per heavy atom. The second kappa shape index (κ2) is 33.9. The fraction of sp³-hybridized carbons (Fsp3) is 0.0735.